The molecule has 0 atom stereocenters. The smallest absolute Gasteiger partial charge is 0.228 e. The van der Waals surface area contributed by atoms with Crippen molar-refractivity contribution in [1.29, 1.82) is 0 Å². The lowest BCUT2D eigenvalue weighted by Gasteiger charge is -2.26. The minimum atomic E-state index is -3.30. The second-order valence-electron chi connectivity index (χ2n) is 5.78. The van der Waals surface area contributed by atoms with Crippen LogP contribution in [0.3, 0.4) is 0 Å². The molecule has 0 saturated carbocycles. The van der Waals surface area contributed by atoms with E-state index in [0.717, 1.165) is 11.5 Å². The Morgan fingerprint density at radius 3 is 2.65 bits per heavy atom. The molecular weight excluding hydrogens is 330 g/mol. The molecular formula is C19H21N5O2. The number of nitrogens with zero attached hydrogens (tertiary/aromatic N) is 5. The van der Waals surface area contributed by atoms with E-state index in [1.165, 1.54) is 6.20 Å². The standard InChI is InChI=1S/C19H21N5O2/c1-13-20-12-18(23(13)2)17-8-14-7-16(21-10-15(14)11-22-17)9-19(25)24-3-5-26-6-4-24/h7-8,10-12H,3-6,9H2,1-2H3/i3D2,4D2,5D2,6D2. The van der Waals surface area contributed by atoms with Crippen LogP contribution in [-0.2, 0) is 23.0 Å². The Morgan fingerprint density at radius 1 is 1.15 bits per heavy atom. The van der Waals surface area contributed by atoms with Crippen molar-refractivity contribution < 1.29 is 20.5 Å². The number of ether oxygens (including phenoxy) is 1. The van der Waals surface area contributed by atoms with Crippen molar-refractivity contribution in [3.63, 3.8) is 0 Å². The maximum atomic E-state index is 13.0. The minimum Gasteiger partial charge on any atom is -0.378 e. The van der Waals surface area contributed by atoms with Crippen LogP contribution in [0.15, 0.2) is 30.7 Å². The van der Waals surface area contributed by atoms with Crippen LogP contribution in [0.25, 0.3) is 22.2 Å². The summed E-state index contributed by atoms with van der Waals surface area (Å²) in [6, 6.07) is 3.34. The summed E-state index contributed by atoms with van der Waals surface area (Å²) in [6.07, 6.45) is 4.15. The van der Waals surface area contributed by atoms with Gasteiger partial charge in [-0.2, -0.15) is 0 Å². The average molecular weight is 359 g/mol. The number of aromatic nitrogens is 4. The van der Waals surface area contributed by atoms with Gasteiger partial charge in [-0.1, -0.05) is 0 Å². The van der Waals surface area contributed by atoms with Gasteiger partial charge in [0.15, 0.2) is 0 Å². The zero-order valence-corrected chi connectivity index (χ0v) is 14.1. The molecule has 3 aromatic rings. The molecule has 0 bridgehead atoms. The van der Waals surface area contributed by atoms with E-state index in [-0.39, 0.29) is 10.6 Å². The van der Waals surface area contributed by atoms with Crippen molar-refractivity contribution in [3.05, 3.63) is 42.2 Å². The molecule has 134 valence electrons. The third-order valence-corrected chi connectivity index (χ3v) is 4.14. The van der Waals surface area contributed by atoms with Gasteiger partial charge in [-0.15, -0.1) is 0 Å². The highest BCUT2D eigenvalue weighted by atomic mass is 16.5. The van der Waals surface area contributed by atoms with Crippen LogP contribution in [0.2, 0.25) is 0 Å². The van der Waals surface area contributed by atoms with Crippen LogP contribution < -0.4 is 0 Å². The first-order valence-corrected chi connectivity index (χ1v) is 7.85. The second kappa shape index (κ2) is 6.84. The largest absolute Gasteiger partial charge is 0.378 e. The van der Waals surface area contributed by atoms with Crippen LogP contribution in [0.1, 0.15) is 22.5 Å². The summed E-state index contributed by atoms with van der Waals surface area (Å²) in [6.45, 7) is -11.3. The molecule has 1 aliphatic rings. The molecule has 1 amide bonds. The van der Waals surface area contributed by atoms with Gasteiger partial charge >= 0.3 is 0 Å². The summed E-state index contributed by atoms with van der Waals surface area (Å²) >= 11 is 0. The molecule has 1 aliphatic heterocycles. The molecule has 7 nitrogen and oxygen atoms in total. The Hall–Kier alpha value is -2.80. The third kappa shape index (κ3) is 3.17. The Bertz CT molecular complexity index is 1270. The number of rotatable bonds is 3. The van der Waals surface area contributed by atoms with E-state index in [2.05, 4.69) is 19.7 Å². The van der Waals surface area contributed by atoms with E-state index in [4.69, 9.17) is 11.0 Å². The molecule has 1 fully saturated rings. The quantitative estimate of drug-likeness (QED) is 0.712. The number of morpholine rings is 1. The first kappa shape index (κ1) is 9.78. The van der Waals surface area contributed by atoms with E-state index in [0.29, 0.717) is 16.5 Å². The predicted molar refractivity (Wildman–Crippen MR) is 97.6 cm³/mol. The predicted octanol–water partition coefficient (Wildman–Crippen LogP) is 1.74. The number of hydrogen-bond donors (Lipinski definition) is 0. The zero-order valence-electron chi connectivity index (χ0n) is 22.1. The van der Waals surface area contributed by atoms with Gasteiger partial charge in [0.1, 0.15) is 5.82 Å². The van der Waals surface area contributed by atoms with Crippen LogP contribution in [0.4, 0.5) is 0 Å². The highest BCUT2D eigenvalue weighted by Gasteiger charge is 2.17. The first-order valence-electron chi connectivity index (χ1n) is 11.9. The summed E-state index contributed by atoms with van der Waals surface area (Å²) in [4.78, 5) is 25.8. The van der Waals surface area contributed by atoms with E-state index in [1.54, 1.807) is 24.5 Å². The molecule has 0 unspecified atom stereocenters. The Kier molecular flexibility index (Phi) is 2.57. The molecule has 0 aliphatic carbocycles. The number of aryl methyl sites for hydroxylation is 1. The number of carbonyl (C=O) groups is 1. The highest BCUT2D eigenvalue weighted by Crippen LogP contribution is 2.22. The Morgan fingerprint density at radius 2 is 1.92 bits per heavy atom. The minimum absolute atomic E-state index is 0.0637. The van der Waals surface area contributed by atoms with Gasteiger partial charge in [0.2, 0.25) is 5.91 Å². The van der Waals surface area contributed by atoms with Crippen LogP contribution in [0, 0.1) is 6.92 Å². The SMILES string of the molecule is [2H]C1([2H])OC([2H])([2H])C([2H])([2H])N(C(=O)Cc2cc3cc(-c4cnc(C)n4C)ncc3cn2)C1([2H])[2H]. The highest BCUT2D eigenvalue weighted by molar-refractivity contribution is 5.86. The Labute approximate surface area is 162 Å². The maximum absolute atomic E-state index is 13.0. The Balaban J connectivity index is 1.70. The van der Waals surface area contributed by atoms with Gasteiger partial charge < -0.3 is 14.2 Å². The van der Waals surface area contributed by atoms with Crippen molar-refractivity contribution in [1.82, 2.24) is 24.4 Å². The van der Waals surface area contributed by atoms with E-state index >= 15 is 0 Å². The van der Waals surface area contributed by atoms with Crippen molar-refractivity contribution >= 4 is 16.7 Å². The molecule has 26 heavy (non-hydrogen) atoms. The third-order valence-electron chi connectivity index (χ3n) is 4.14. The molecule has 7 heteroatoms. The molecule has 3 aromatic heterocycles. The van der Waals surface area contributed by atoms with Crippen molar-refractivity contribution in [2.24, 2.45) is 7.05 Å². The normalized spacial score (nSPS) is 27.1. The fourth-order valence-electron chi connectivity index (χ4n) is 2.61. The van der Waals surface area contributed by atoms with E-state index in [9.17, 15) is 4.79 Å². The lowest BCUT2D eigenvalue weighted by molar-refractivity contribution is -0.134. The van der Waals surface area contributed by atoms with Crippen molar-refractivity contribution in [2.45, 2.75) is 13.3 Å². The zero-order chi connectivity index (χ0) is 25.3. The number of amides is 1. The lowest BCUT2D eigenvalue weighted by Crippen LogP contribution is -2.41. The van der Waals surface area contributed by atoms with Gasteiger partial charge in [-0.25, -0.2) is 4.98 Å². The molecule has 1 saturated heterocycles. The molecule has 0 spiro atoms. The van der Waals surface area contributed by atoms with Crippen LogP contribution in [0.5, 0.6) is 0 Å². The molecule has 4 heterocycles. The van der Waals surface area contributed by atoms with Gasteiger partial charge in [0, 0.05) is 37.8 Å². The topological polar surface area (TPSA) is 73.1 Å². The van der Waals surface area contributed by atoms with Gasteiger partial charge in [0.25, 0.3) is 0 Å². The van der Waals surface area contributed by atoms with Crippen molar-refractivity contribution in [2.75, 3.05) is 26.1 Å². The molecule has 4 rings (SSSR count). The van der Waals surface area contributed by atoms with E-state index < -0.39 is 38.4 Å². The second-order valence-corrected chi connectivity index (χ2v) is 5.78. The summed E-state index contributed by atoms with van der Waals surface area (Å²) in [5, 5.41) is 1.34. The molecule has 0 aromatic carbocycles. The van der Waals surface area contributed by atoms with Crippen LogP contribution in [-0.4, -0.2) is 56.4 Å². The summed E-state index contributed by atoms with van der Waals surface area (Å²) in [7, 11) is 1.85. The van der Waals surface area contributed by atoms with Crippen molar-refractivity contribution in [3.8, 4) is 11.4 Å². The summed E-state index contributed by atoms with van der Waals surface area (Å²) < 4.78 is 69.3. The maximum Gasteiger partial charge on any atom is 0.228 e. The van der Waals surface area contributed by atoms with E-state index in [1.807, 2.05) is 18.5 Å². The molecule has 0 radical (unpaired) electrons. The van der Waals surface area contributed by atoms with Gasteiger partial charge in [0.05, 0.1) is 53.8 Å². The number of imidazole rings is 1. The first-order chi connectivity index (χ1) is 15.6. The monoisotopic (exact) mass is 359 g/mol. The number of hydrogen-bond acceptors (Lipinski definition) is 5. The number of fused-ring (bicyclic) bond motifs is 1. The van der Waals surface area contributed by atoms with Gasteiger partial charge in [-0.3, -0.25) is 14.8 Å². The van der Waals surface area contributed by atoms with Gasteiger partial charge in [-0.05, 0) is 24.4 Å². The van der Waals surface area contributed by atoms with Crippen LogP contribution >= 0.6 is 0 Å². The fraction of sp³-hybridized carbons (Fsp3) is 0.368. The fourth-order valence-corrected chi connectivity index (χ4v) is 2.61. The lowest BCUT2D eigenvalue weighted by atomic mass is 10.1. The average Bonchev–Trinajstić information content (AvgIpc) is 3.03. The summed E-state index contributed by atoms with van der Waals surface area (Å²) in [5.41, 5.74) is 1.56. The number of pyridine rings is 2. The number of carbonyl (C=O) groups excluding carboxylic acids is 1. The summed E-state index contributed by atoms with van der Waals surface area (Å²) in [5.74, 6) is -0.388. The molecule has 0 N–H and O–H groups in total.